The summed E-state index contributed by atoms with van der Waals surface area (Å²) in [6, 6.07) is 0. The molecule has 18 heavy (non-hydrogen) atoms. The number of ether oxygens (including phenoxy) is 2. The first-order valence-electron chi connectivity index (χ1n) is 6.14. The highest BCUT2D eigenvalue weighted by atomic mass is 35.5. The predicted molar refractivity (Wildman–Crippen MR) is 75.8 cm³/mol. The van der Waals surface area contributed by atoms with Gasteiger partial charge < -0.3 is 15.2 Å². The lowest BCUT2D eigenvalue weighted by molar-refractivity contribution is -0.146. The molecule has 0 bridgehead atoms. The molecule has 0 aliphatic carbocycles. The Hall–Kier alpha value is -0.580. The van der Waals surface area contributed by atoms with E-state index in [9.17, 15) is 4.79 Å². The molecule has 0 heterocycles. The largest absolute Gasteiger partial charge is 0.463 e. The van der Waals surface area contributed by atoms with Crippen molar-refractivity contribution in [2.75, 3.05) is 26.4 Å². The first kappa shape index (κ1) is 19.8. The summed E-state index contributed by atoms with van der Waals surface area (Å²) < 4.78 is 10.2. The Morgan fingerprint density at radius 3 is 2.56 bits per heavy atom. The third-order valence-corrected chi connectivity index (χ3v) is 2.32. The van der Waals surface area contributed by atoms with E-state index in [2.05, 4.69) is 20.4 Å². The van der Waals surface area contributed by atoms with Gasteiger partial charge >= 0.3 is 5.97 Å². The second-order valence-corrected chi connectivity index (χ2v) is 4.52. The molecule has 0 spiro atoms. The van der Waals surface area contributed by atoms with Gasteiger partial charge in [0, 0.05) is 6.42 Å². The number of hydrogen-bond acceptors (Lipinski definition) is 4. The van der Waals surface area contributed by atoms with Crippen LogP contribution in [0.1, 0.15) is 26.7 Å². The summed E-state index contributed by atoms with van der Waals surface area (Å²) in [5.41, 5.74) is 5.62. The van der Waals surface area contributed by atoms with Gasteiger partial charge in [-0.3, -0.25) is 4.79 Å². The zero-order valence-electron chi connectivity index (χ0n) is 11.4. The van der Waals surface area contributed by atoms with Crippen LogP contribution in [0.5, 0.6) is 0 Å². The van der Waals surface area contributed by atoms with Crippen LogP contribution in [-0.2, 0) is 14.3 Å². The highest BCUT2D eigenvalue weighted by molar-refractivity contribution is 5.85. The number of nitrogens with two attached hydrogens (primary N) is 1. The molecule has 0 saturated carbocycles. The van der Waals surface area contributed by atoms with Crippen molar-refractivity contribution in [3.63, 3.8) is 0 Å². The van der Waals surface area contributed by atoms with E-state index in [1.54, 1.807) is 6.08 Å². The second-order valence-electron chi connectivity index (χ2n) is 4.52. The summed E-state index contributed by atoms with van der Waals surface area (Å²) in [6.45, 7) is 9.49. The average Bonchev–Trinajstić information content (AvgIpc) is 2.27. The van der Waals surface area contributed by atoms with E-state index < -0.39 is 0 Å². The number of carbonyl (C=O) groups excluding carboxylic acids is 1. The van der Waals surface area contributed by atoms with Crippen LogP contribution in [0.25, 0.3) is 0 Å². The van der Waals surface area contributed by atoms with Crippen molar-refractivity contribution >= 4 is 18.4 Å². The van der Waals surface area contributed by atoms with Gasteiger partial charge in [0.1, 0.15) is 6.61 Å². The standard InChI is InChI=1S/C13H25NO3.ClH/c1-4-5-16-6-7-17-13(15)9-12(10-14)8-11(2)3;/h4,11-12H,1,5-10,14H2,2-3H3;1H/t12-;/m0./s1. The smallest absolute Gasteiger partial charge is 0.306 e. The van der Waals surface area contributed by atoms with E-state index in [1.165, 1.54) is 0 Å². The maximum Gasteiger partial charge on any atom is 0.306 e. The summed E-state index contributed by atoms with van der Waals surface area (Å²) in [5.74, 6) is 0.576. The molecule has 0 unspecified atom stereocenters. The van der Waals surface area contributed by atoms with Crippen LogP contribution in [0.2, 0.25) is 0 Å². The van der Waals surface area contributed by atoms with Crippen LogP contribution in [0.3, 0.4) is 0 Å². The van der Waals surface area contributed by atoms with Crippen molar-refractivity contribution in [1.82, 2.24) is 0 Å². The Balaban J connectivity index is 0. The van der Waals surface area contributed by atoms with Gasteiger partial charge in [-0.25, -0.2) is 0 Å². The summed E-state index contributed by atoms with van der Waals surface area (Å²) in [6.07, 6.45) is 3.02. The molecule has 2 N–H and O–H groups in total. The van der Waals surface area contributed by atoms with Crippen molar-refractivity contribution < 1.29 is 14.3 Å². The fraction of sp³-hybridized carbons (Fsp3) is 0.769. The first-order valence-corrected chi connectivity index (χ1v) is 6.14. The molecule has 0 rings (SSSR count). The molecule has 0 saturated heterocycles. The van der Waals surface area contributed by atoms with Crippen LogP contribution in [0, 0.1) is 11.8 Å². The summed E-state index contributed by atoms with van der Waals surface area (Å²) in [5, 5.41) is 0. The molecule has 0 aliphatic heterocycles. The number of hydrogen-bond donors (Lipinski definition) is 1. The SMILES string of the molecule is C=CCOCCOC(=O)C[C@@H](CN)CC(C)C.Cl. The molecule has 0 aromatic heterocycles. The Bertz CT molecular complexity index is 222. The Morgan fingerprint density at radius 1 is 1.39 bits per heavy atom. The third kappa shape index (κ3) is 11.9. The van der Waals surface area contributed by atoms with Gasteiger partial charge in [0.15, 0.2) is 0 Å². The number of carbonyl (C=O) groups is 1. The fourth-order valence-corrected chi connectivity index (χ4v) is 1.61. The van der Waals surface area contributed by atoms with Crippen molar-refractivity contribution in [3.8, 4) is 0 Å². The molecule has 0 aromatic rings. The van der Waals surface area contributed by atoms with Gasteiger partial charge in [-0.2, -0.15) is 0 Å². The lowest BCUT2D eigenvalue weighted by Crippen LogP contribution is -2.22. The monoisotopic (exact) mass is 279 g/mol. The molecular formula is C13H26ClNO3. The van der Waals surface area contributed by atoms with E-state index in [1.807, 2.05) is 0 Å². The predicted octanol–water partition coefficient (Wildman–Crippen LogP) is 2.17. The van der Waals surface area contributed by atoms with Crippen molar-refractivity contribution in [2.24, 2.45) is 17.6 Å². The molecule has 5 heteroatoms. The van der Waals surface area contributed by atoms with Gasteiger partial charge in [-0.05, 0) is 24.8 Å². The van der Waals surface area contributed by atoms with Gasteiger partial charge in [0.2, 0.25) is 0 Å². The highest BCUT2D eigenvalue weighted by Gasteiger charge is 2.14. The summed E-state index contributed by atoms with van der Waals surface area (Å²) in [7, 11) is 0. The van der Waals surface area contributed by atoms with E-state index in [-0.39, 0.29) is 24.3 Å². The van der Waals surface area contributed by atoms with E-state index in [4.69, 9.17) is 15.2 Å². The molecule has 0 aliphatic rings. The molecule has 4 nitrogen and oxygen atoms in total. The first-order chi connectivity index (χ1) is 8.10. The molecule has 108 valence electrons. The minimum atomic E-state index is -0.191. The normalized spacial score (nSPS) is 11.8. The second kappa shape index (κ2) is 12.9. The molecule has 0 fully saturated rings. The fourth-order valence-electron chi connectivity index (χ4n) is 1.61. The number of esters is 1. The van der Waals surface area contributed by atoms with Crippen LogP contribution >= 0.6 is 12.4 Å². The quantitative estimate of drug-likeness (QED) is 0.378. The molecule has 0 radical (unpaired) electrons. The van der Waals surface area contributed by atoms with E-state index >= 15 is 0 Å². The Morgan fingerprint density at radius 2 is 2.06 bits per heavy atom. The van der Waals surface area contributed by atoms with Crippen LogP contribution < -0.4 is 5.73 Å². The van der Waals surface area contributed by atoms with Crippen LogP contribution in [-0.4, -0.2) is 32.3 Å². The van der Waals surface area contributed by atoms with Gasteiger partial charge in [0.05, 0.1) is 13.2 Å². The maximum absolute atomic E-state index is 11.5. The highest BCUT2D eigenvalue weighted by Crippen LogP contribution is 2.14. The Kier molecular flexibility index (Phi) is 14.1. The zero-order valence-corrected chi connectivity index (χ0v) is 12.2. The molecular weight excluding hydrogens is 254 g/mol. The van der Waals surface area contributed by atoms with Crippen molar-refractivity contribution in [2.45, 2.75) is 26.7 Å². The van der Waals surface area contributed by atoms with Crippen molar-refractivity contribution in [3.05, 3.63) is 12.7 Å². The van der Waals surface area contributed by atoms with Gasteiger partial charge in [-0.1, -0.05) is 19.9 Å². The number of halogens is 1. The molecule has 0 aromatic carbocycles. The molecule has 0 amide bonds. The van der Waals surface area contributed by atoms with Crippen molar-refractivity contribution in [1.29, 1.82) is 0 Å². The minimum absolute atomic E-state index is 0. The number of rotatable bonds is 10. The topological polar surface area (TPSA) is 61.5 Å². The Labute approximate surface area is 116 Å². The average molecular weight is 280 g/mol. The lowest BCUT2D eigenvalue weighted by atomic mass is 9.94. The lowest BCUT2D eigenvalue weighted by Gasteiger charge is -2.16. The third-order valence-electron chi connectivity index (χ3n) is 2.32. The van der Waals surface area contributed by atoms with Crippen LogP contribution in [0.15, 0.2) is 12.7 Å². The van der Waals surface area contributed by atoms with E-state index in [0.29, 0.717) is 38.7 Å². The van der Waals surface area contributed by atoms with Crippen LogP contribution in [0.4, 0.5) is 0 Å². The van der Waals surface area contributed by atoms with Gasteiger partial charge in [-0.15, -0.1) is 19.0 Å². The minimum Gasteiger partial charge on any atom is -0.463 e. The zero-order chi connectivity index (χ0) is 13.1. The van der Waals surface area contributed by atoms with E-state index in [0.717, 1.165) is 6.42 Å². The van der Waals surface area contributed by atoms with Gasteiger partial charge in [0.25, 0.3) is 0 Å². The summed E-state index contributed by atoms with van der Waals surface area (Å²) >= 11 is 0. The summed E-state index contributed by atoms with van der Waals surface area (Å²) in [4.78, 5) is 11.5. The molecule has 1 atom stereocenters. The maximum atomic E-state index is 11.5.